The molecule has 1 atom stereocenters. The summed E-state index contributed by atoms with van der Waals surface area (Å²) in [6, 6.07) is 0.0275. The van der Waals surface area contributed by atoms with E-state index >= 15 is 0 Å². The number of carbonyl (C=O) groups is 1. The van der Waals surface area contributed by atoms with Gasteiger partial charge in [-0.3, -0.25) is 4.79 Å². The summed E-state index contributed by atoms with van der Waals surface area (Å²) in [6.45, 7) is 10.5. The van der Waals surface area contributed by atoms with Crippen molar-refractivity contribution in [2.75, 3.05) is 19.6 Å². The number of nitrogens with one attached hydrogen (secondary N) is 1. The van der Waals surface area contributed by atoms with Gasteiger partial charge < -0.3 is 15.0 Å². The molecule has 4 heteroatoms. The quantitative estimate of drug-likeness (QED) is 0.747. The van der Waals surface area contributed by atoms with Gasteiger partial charge in [-0.05, 0) is 47.1 Å². The first-order valence-electron chi connectivity index (χ1n) is 6.51. The fraction of sp³-hybridized carbons (Fsp3) is 0.923. The first-order valence-corrected chi connectivity index (χ1v) is 6.51. The maximum Gasteiger partial charge on any atom is 0.239 e. The third-order valence-corrected chi connectivity index (χ3v) is 3.37. The van der Waals surface area contributed by atoms with Gasteiger partial charge in [0.1, 0.15) is 0 Å². The number of ether oxygens (including phenoxy) is 1. The van der Waals surface area contributed by atoms with E-state index in [0.29, 0.717) is 13.1 Å². The highest BCUT2D eigenvalue weighted by molar-refractivity contribution is 5.82. The lowest BCUT2D eigenvalue weighted by Crippen LogP contribution is -2.61. The third kappa shape index (κ3) is 2.99. The summed E-state index contributed by atoms with van der Waals surface area (Å²) in [7, 11) is 0. The molecule has 0 saturated carbocycles. The largest absolute Gasteiger partial charge is 0.366 e. The van der Waals surface area contributed by atoms with Gasteiger partial charge in [0, 0.05) is 13.1 Å². The Morgan fingerprint density at radius 2 is 1.82 bits per heavy atom. The number of carbonyl (C=O) groups excluding carboxylic acids is 1. The van der Waals surface area contributed by atoms with Gasteiger partial charge in [0.25, 0.3) is 0 Å². The summed E-state index contributed by atoms with van der Waals surface area (Å²) in [5, 5.41) is 3.28. The van der Waals surface area contributed by atoms with Gasteiger partial charge in [0.05, 0.1) is 17.2 Å². The number of hydrogen-bond donors (Lipinski definition) is 1. The zero-order chi connectivity index (χ0) is 12.7. The average molecular weight is 240 g/mol. The van der Waals surface area contributed by atoms with E-state index in [1.165, 1.54) is 0 Å². The molecule has 2 rings (SSSR count). The van der Waals surface area contributed by atoms with Crippen LogP contribution < -0.4 is 5.32 Å². The van der Waals surface area contributed by atoms with Crippen molar-refractivity contribution in [3.8, 4) is 0 Å². The second kappa shape index (κ2) is 4.25. The molecule has 2 heterocycles. The summed E-state index contributed by atoms with van der Waals surface area (Å²) in [4.78, 5) is 14.3. The molecule has 0 aromatic heterocycles. The van der Waals surface area contributed by atoms with Gasteiger partial charge in [-0.15, -0.1) is 0 Å². The molecule has 0 unspecified atom stereocenters. The average Bonchev–Trinajstić information content (AvgIpc) is 2.63. The Morgan fingerprint density at radius 1 is 1.24 bits per heavy atom. The van der Waals surface area contributed by atoms with Gasteiger partial charge in [-0.25, -0.2) is 0 Å². The van der Waals surface area contributed by atoms with E-state index in [9.17, 15) is 4.79 Å². The highest BCUT2D eigenvalue weighted by Gasteiger charge is 2.41. The van der Waals surface area contributed by atoms with Gasteiger partial charge in [0.15, 0.2) is 0 Å². The van der Waals surface area contributed by atoms with E-state index in [1.807, 2.05) is 4.90 Å². The lowest BCUT2D eigenvalue weighted by Gasteiger charge is -2.47. The van der Waals surface area contributed by atoms with Crippen molar-refractivity contribution in [3.63, 3.8) is 0 Å². The van der Waals surface area contributed by atoms with E-state index in [-0.39, 0.29) is 23.2 Å². The topological polar surface area (TPSA) is 41.6 Å². The summed E-state index contributed by atoms with van der Waals surface area (Å²) in [5.74, 6) is 0.243. The highest BCUT2D eigenvalue weighted by Crippen LogP contribution is 2.28. The van der Waals surface area contributed by atoms with Gasteiger partial charge >= 0.3 is 0 Å². The molecular formula is C13H24N2O2. The first kappa shape index (κ1) is 12.8. The van der Waals surface area contributed by atoms with E-state index in [0.717, 1.165) is 19.4 Å². The van der Waals surface area contributed by atoms with E-state index in [2.05, 4.69) is 33.0 Å². The van der Waals surface area contributed by atoms with Crippen LogP contribution in [0.4, 0.5) is 0 Å². The molecule has 0 radical (unpaired) electrons. The van der Waals surface area contributed by atoms with Gasteiger partial charge in [-0.1, -0.05) is 0 Å². The van der Waals surface area contributed by atoms with E-state index in [4.69, 9.17) is 4.74 Å². The predicted octanol–water partition coefficient (Wildman–Crippen LogP) is 1.15. The molecule has 0 aromatic carbocycles. The van der Waals surface area contributed by atoms with Crippen molar-refractivity contribution in [1.29, 1.82) is 0 Å². The van der Waals surface area contributed by atoms with Gasteiger partial charge in [0.2, 0.25) is 5.91 Å². The number of hydrogen-bond acceptors (Lipinski definition) is 3. The highest BCUT2D eigenvalue weighted by atomic mass is 16.5. The smallest absolute Gasteiger partial charge is 0.239 e. The van der Waals surface area contributed by atoms with Crippen molar-refractivity contribution in [2.45, 2.75) is 57.8 Å². The van der Waals surface area contributed by atoms with Crippen LogP contribution in [0, 0.1) is 0 Å². The standard InChI is InChI=1S/C13H24N2O2/c1-12(2)8-15(9-13(3,4)17-12)11(16)10-6-5-7-14-10/h10,14H,5-9H2,1-4H3/t10-/m1/s1. The third-order valence-electron chi connectivity index (χ3n) is 3.37. The molecule has 2 aliphatic rings. The zero-order valence-electron chi connectivity index (χ0n) is 11.4. The Balaban J connectivity index is 2.07. The molecule has 0 aromatic rings. The lowest BCUT2D eigenvalue weighted by molar-refractivity contribution is -0.188. The van der Waals surface area contributed by atoms with E-state index in [1.54, 1.807) is 0 Å². The maximum atomic E-state index is 12.4. The lowest BCUT2D eigenvalue weighted by atomic mass is 9.98. The Hall–Kier alpha value is -0.610. The summed E-state index contributed by atoms with van der Waals surface area (Å²) >= 11 is 0. The van der Waals surface area contributed by atoms with Crippen LogP contribution in [0.1, 0.15) is 40.5 Å². The van der Waals surface area contributed by atoms with Crippen LogP contribution in [0.15, 0.2) is 0 Å². The van der Waals surface area contributed by atoms with Crippen LogP contribution in [-0.4, -0.2) is 47.7 Å². The minimum Gasteiger partial charge on any atom is -0.366 e. The summed E-state index contributed by atoms with van der Waals surface area (Å²) < 4.78 is 5.99. The monoisotopic (exact) mass is 240 g/mol. The normalized spacial score (nSPS) is 31.5. The van der Waals surface area contributed by atoms with Crippen molar-refractivity contribution >= 4 is 5.91 Å². The van der Waals surface area contributed by atoms with Crippen LogP contribution >= 0.6 is 0 Å². The number of rotatable bonds is 1. The second-order valence-electron chi connectivity index (χ2n) is 6.46. The molecule has 0 bridgehead atoms. The second-order valence-corrected chi connectivity index (χ2v) is 6.46. The Kier molecular flexibility index (Phi) is 3.21. The van der Waals surface area contributed by atoms with E-state index < -0.39 is 0 Å². The molecule has 1 amide bonds. The van der Waals surface area contributed by atoms with Crippen LogP contribution in [0.5, 0.6) is 0 Å². The van der Waals surface area contributed by atoms with Crippen molar-refractivity contribution < 1.29 is 9.53 Å². The molecule has 98 valence electrons. The molecule has 0 spiro atoms. The summed E-state index contributed by atoms with van der Waals surface area (Å²) in [6.07, 6.45) is 2.07. The molecular weight excluding hydrogens is 216 g/mol. The van der Waals surface area contributed by atoms with Crippen molar-refractivity contribution in [1.82, 2.24) is 10.2 Å². The minimum atomic E-state index is -0.254. The first-order chi connectivity index (χ1) is 7.79. The molecule has 1 N–H and O–H groups in total. The molecule has 2 aliphatic heterocycles. The Bertz CT molecular complexity index is 291. The van der Waals surface area contributed by atoms with Crippen LogP contribution in [0.2, 0.25) is 0 Å². The maximum absolute atomic E-state index is 12.4. The minimum absolute atomic E-state index is 0.0275. The number of morpholine rings is 1. The van der Waals surface area contributed by atoms with Crippen molar-refractivity contribution in [3.05, 3.63) is 0 Å². The van der Waals surface area contributed by atoms with Crippen LogP contribution in [-0.2, 0) is 9.53 Å². The molecule has 17 heavy (non-hydrogen) atoms. The Labute approximate surface area is 104 Å². The van der Waals surface area contributed by atoms with Gasteiger partial charge in [-0.2, -0.15) is 0 Å². The molecule has 4 nitrogen and oxygen atoms in total. The van der Waals surface area contributed by atoms with Crippen LogP contribution in [0.25, 0.3) is 0 Å². The number of nitrogens with zero attached hydrogens (tertiary/aromatic N) is 1. The Morgan fingerprint density at radius 3 is 2.29 bits per heavy atom. The van der Waals surface area contributed by atoms with Crippen LogP contribution in [0.3, 0.4) is 0 Å². The SMILES string of the molecule is CC1(C)CN(C(=O)[C@H]2CCCN2)CC(C)(C)O1. The van der Waals surface area contributed by atoms with Crippen molar-refractivity contribution in [2.24, 2.45) is 0 Å². The predicted molar refractivity (Wildman–Crippen MR) is 66.8 cm³/mol. The molecule has 2 saturated heterocycles. The molecule has 0 aliphatic carbocycles. The summed E-state index contributed by atoms with van der Waals surface area (Å²) in [5.41, 5.74) is -0.508. The fourth-order valence-electron chi connectivity index (χ4n) is 3.06. The zero-order valence-corrected chi connectivity index (χ0v) is 11.4. The fourth-order valence-corrected chi connectivity index (χ4v) is 3.06. The molecule has 2 fully saturated rings. The number of amides is 1.